The molecule has 0 fully saturated rings. The average Bonchev–Trinajstić information content (AvgIpc) is 2.33. The molecule has 1 nitrogen and oxygen atoms in total. The minimum atomic E-state index is -4.87. The topological polar surface area (TPSA) is 17.1 Å². The van der Waals surface area contributed by atoms with E-state index in [0.29, 0.717) is 12.1 Å². The number of benzene rings is 1. The molecular weight excluding hydrogens is 306 g/mol. The van der Waals surface area contributed by atoms with Gasteiger partial charge in [-0.2, -0.15) is 38.1 Å². The van der Waals surface area contributed by atoms with Crippen LogP contribution in [0.2, 0.25) is 0 Å². The zero-order chi connectivity index (χ0) is 15.6. The van der Waals surface area contributed by atoms with Crippen molar-refractivity contribution in [3.63, 3.8) is 0 Å². The molecule has 0 saturated heterocycles. The third kappa shape index (κ3) is 4.16. The fourth-order valence-corrected chi connectivity index (χ4v) is 1.92. The molecule has 0 aliphatic rings. The molecule has 20 heavy (non-hydrogen) atoms. The van der Waals surface area contributed by atoms with Crippen molar-refractivity contribution in [1.29, 1.82) is 0 Å². The lowest BCUT2D eigenvalue weighted by Crippen LogP contribution is -2.16. The van der Waals surface area contributed by atoms with E-state index in [4.69, 9.17) is 0 Å². The Morgan fingerprint density at radius 1 is 1.10 bits per heavy atom. The summed E-state index contributed by atoms with van der Waals surface area (Å²) in [6, 6.07) is 0.898. The van der Waals surface area contributed by atoms with E-state index in [-0.39, 0.29) is 18.2 Å². The summed E-state index contributed by atoms with van der Waals surface area (Å²) in [7, 11) is 0. The number of alkyl halides is 6. The number of hydrogen-bond donors (Lipinski definition) is 0. The highest BCUT2D eigenvalue weighted by Gasteiger charge is 2.38. The van der Waals surface area contributed by atoms with Crippen molar-refractivity contribution >= 4 is 17.5 Å². The van der Waals surface area contributed by atoms with Crippen molar-refractivity contribution in [2.45, 2.75) is 18.8 Å². The molecule has 0 bridgehead atoms. The van der Waals surface area contributed by atoms with Gasteiger partial charge in [-0.3, -0.25) is 4.79 Å². The van der Waals surface area contributed by atoms with E-state index in [9.17, 15) is 31.1 Å². The van der Waals surface area contributed by atoms with Gasteiger partial charge >= 0.3 is 12.4 Å². The lowest BCUT2D eigenvalue weighted by molar-refractivity contribution is -0.141. The summed E-state index contributed by atoms with van der Waals surface area (Å²) in [5.41, 5.74) is -3.53. The monoisotopic (exact) mass is 316 g/mol. The number of Topliss-reactive ketones (excluding diaryl/α,β-unsaturated/α-hetero) is 1. The van der Waals surface area contributed by atoms with Gasteiger partial charge in [0.25, 0.3) is 0 Å². The van der Waals surface area contributed by atoms with Crippen LogP contribution in [0.25, 0.3) is 0 Å². The first-order valence-corrected chi connectivity index (χ1v) is 6.77. The Labute approximate surface area is 115 Å². The first-order chi connectivity index (χ1) is 9.07. The molecule has 0 heterocycles. The number of rotatable bonds is 4. The molecule has 0 spiro atoms. The molecule has 0 amide bonds. The van der Waals surface area contributed by atoms with Crippen LogP contribution in [0.15, 0.2) is 18.2 Å². The number of thioether (sulfide) groups is 1. The van der Waals surface area contributed by atoms with Crippen LogP contribution in [0.3, 0.4) is 0 Å². The summed E-state index contributed by atoms with van der Waals surface area (Å²) in [6.07, 6.45) is -8.26. The number of halogens is 6. The highest BCUT2D eigenvalue weighted by molar-refractivity contribution is 7.98. The Morgan fingerprint density at radius 2 is 1.70 bits per heavy atom. The Hall–Kier alpha value is -1.18. The number of ketones is 1. The number of hydrogen-bond acceptors (Lipinski definition) is 2. The molecule has 0 aromatic heterocycles. The standard InChI is InChI=1S/C12H10F6OS/c1-20-5-4-10(19)8-6-7(11(13,14)15)2-3-9(8)12(16,17)18/h2-3,6H,4-5H2,1H3. The largest absolute Gasteiger partial charge is 0.417 e. The van der Waals surface area contributed by atoms with Gasteiger partial charge in [0.15, 0.2) is 5.78 Å². The van der Waals surface area contributed by atoms with E-state index >= 15 is 0 Å². The summed E-state index contributed by atoms with van der Waals surface area (Å²) in [5.74, 6) is -0.704. The van der Waals surface area contributed by atoms with E-state index < -0.39 is 34.8 Å². The molecule has 0 aliphatic heterocycles. The van der Waals surface area contributed by atoms with Crippen LogP contribution in [-0.4, -0.2) is 17.8 Å². The van der Waals surface area contributed by atoms with E-state index in [0.717, 1.165) is 0 Å². The van der Waals surface area contributed by atoms with Gasteiger partial charge in [0.05, 0.1) is 11.1 Å². The second-order valence-corrected chi connectivity index (χ2v) is 4.91. The quantitative estimate of drug-likeness (QED) is 0.593. The van der Waals surface area contributed by atoms with Crippen molar-refractivity contribution in [3.8, 4) is 0 Å². The van der Waals surface area contributed by atoms with Gasteiger partial charge in [-0.05, 0) is 24.5 Å². The molecule has 0 radical (unpaired) electrons. The molecule has 1 aromatic carbocycles. The van der Waals surface area contributed by atoms with Crippen molar-refractivity contribution in [2.24, 2.45) is 0 Å². The van der Waals surface area contributed by atoms with Gasteiger partial charge in [-0.1, -0.05) is 0 Å². The molecular formula is C12H10F6OS. The van der Waals surface area contributed by atoms with Crippen LogP contribution >= 0.6 is 11.8 Å². The van der Waals surface area contributed by atoms with Gasteiger partial charge in [0.2, 0.25) is 0 Å². The van der Waals surface area contributed by atoms with Crippen molar-refractivity contribution in [2.75, 3.05) is 12.0 Å². The van der Waals surface area contributed by atoms with Gasteiger partial charge in [-0.25, -0.2) is 0 Å². The number of carbonyl (C=O) groups is 1. The maximum atomic E-state index is 12.7. The van der Waals surface area contributed by atoms with E-state index in [2.05, 4.69) is 0 Å². The molecule has 8 heteroatoms. The first kappa shape index (κ1) is 16.9. The fraction of sp³-hybridized carbons (Fsp3) is 0.417. The SMILES string of the molecule is CSCCC(=O)c1cc(C(F)(F)F)ccc1C(F)(F)F. The van der Waals surface area contributed by atoms with Crippen LogP contribution in [-0.2, 0) is 12.4 Å². The minimum Gasteiger partial charge on any atom is -0.294 e. The fourth-order valence-electron chi connectivity index (χ4n) is 1.53. The molecule has 1 aromatic rings. The second-order valence-electron chi connectivity index (χ2n) is 3.92. The van der Waals surface area contributed by atoms with Crippen LogP contribution in [0.1, 0.15) is 27.9 Å². The van der Waals surface area contributed by atoms with Crippen LogP contribution in [0.4, 0.5) is 26.3 Å². The Bertz CT molecular complexity index is 492. The Kier molecular flexibility index (Phi) is 5.12. The molecule has 112 valence electrons. The van der Waals surface area contributed by atoms with Crippen LogP contribution < -0.4 is 0 Å². The zero-order valence-electron chi connectivity index (χ0n) is 10.2. The minimum absolute atomic E-state index is 0.242. The van der Waals surface area contributed by atoms with Gasteiger partial charge in [-0.15, -0.1) is 0 Å². The van der Waals surface area contributed by atoms with Crippen LogP contribution in [0.5, 0.6) is 0 Å². The maximum absolute atomic E-state index is 12.7. The maximum Gasteiger partial charge on any atom is 0.417 e. The average molecular weight is 316 g/mol. The highest BCUT2D eigenvalue weighted by atomic mass is 32.2. The molecule has 0 aliphatic carbocycles. The van der Waals surface area contributed by atoms with Gasteiger partial charge < -0.3 is 0 Å². The van der Waals surface area contributed by atoms with E-state index in [1.54, 1.807) is 6.26 Å². The summed E-state index contributed by atoms with van der Waals surface area (Å²) >= 11 is 1.22. The zero-order valence-corrected chi connectivity index (χ0v) is 11.0. The van der Waals surface area contributed by atoms with Crippen molar-refractivity contribution < 1.29 is 31.1 Å². The van der Waals surface area contributed by atoms with Crippen molar-refractivity contribution in [3.05, 3.63) is 34.9 Å². The van der Waals surface area contributed by atoms with E-state index in [1.807, 2.05) is 0 Å². The molecule has 1 rings (SSSR count). The molecule has 0 saturated carbocycles. The second kappa shape index (κ2) is 6.07. The van der Waals surface area contributed by atoms with Crippen LogP contribution in [0, 0.1) is 0 Å². The summed E-state index contributed by atoms with van der Waals surface area (Å²) in [5, 5.41) is 0. The Balaban J connectivity index is 3.31. The molecule has 0 atom stereocenters. The lowest BCUT2D eigenvalue weighted by Gasteiger charge is -2.15. The third-order valence-electron chi connectivity index (χ3n) is 2.49. The number of carbonyl (C=O) groups excluding carboxylic acids is 1. The van der Waals surface area contributed by atoms with E-state index in [1.165, 1.54) is 11.8 Å². The smallest absolute Gasteiger partial charge is 0.294 e. The third-order valence-corrected chi connectivity index (χ3v) is 3.10. The molecule has 0 N–H and O–H groups in total. The van der Waals surface area contributed by atoms with Gasteiger partial charge in [0.1, 0.15) is 0 Å². The lowest BCUT2D eigenvalue weighted by atomic mass is 9.98. The Morgan fingerprint density at radius 3 is 2.15 bits per heavy atom. The summed E-state index contributed by atoms with van der Waals surface area (Å²) < 4.78 is 75.7. The predicted octanol–water partition coefficient (Wildman–Crippen LogP) is 4.66. The first-order valence-electron chi connectivity index (χ1n) is 5.38. The van der Waals surface area contributed by atoms with Gasteiger partial charge in [0, 0.05) is 17.7 Å². The predicted molar refractivity (Wildman–Crippen MR) is 63.8 cm³/mol. The van der Waals surface area contributed by atoms with Crippen molar-refractivity contribution in [1.82, 2.24) is 0 Å². The summed E-state index contributed by atoms with van der Waals surface area (Å²) in [4.78, 5) is 11.7. The highest BCUT2D eigenvalue weighted by Crippen LogP contribution is 2.37. The normalized spacial score (nSPS) is 12.6. The summed E-state index contributed by atoms with van der Waals surface area (Å²) in [6.45, 7) is 0. The molecule has 0 unspecified atom stereocenters.